The van der Waals surface area contributed by atoms with E-state index in [4.69, 9.17) is 26.8 Å². The first-order chi connectivity index (χ1) is 7.24. The van der Waals surface area contributed by atoms with Crippen molar-refractivity contribution in [3.63, 3.8) is 0 Å². The minimum atomic E-state index is 0.142. The molecule has 0 saturated carbocycles. The predicted octanol–water partition coefficient (Wildman–Crippen LogP) is 1.52. The Morgan fingerprint density at radius 2 is 2.20 bits per heavy atom. The topological polar surface area (TPSA) is 70.3 Å². The molecule has 2 N–H and O–H groups in total. The monoisotopic (exact) mass is 231 g/mol. The van der Waals surface area contributed by atoms with Crippen molar-refractivity contribution in [1.82, 2.24) is 9.97 Å². The van der Waals surface area contributed by atoms with E-state index in [1.165, 1.54) is 6.20 Å². The Labute approximate surface area is 93.6 Å². The number of hydrogen-bond donors (Lipinski definition) is 1. The van der Waals surface area contributed by atoms with Gasteiger partial charge in [-0.05, 0) is 6.42 Å². The number of ether oxygens (including phenoxy) is 2. The maximum absolute atomic E-state index is 5.79. The highest BCUT2D eigenvalue weighted by molar-refractivity contribution is 6.31. The van der Waals surface area contributed by atoms with Crippen molar-refractivity contribution < 1.29 is 9.47 Å². The minimum Gasteiger partial charge on any atom is -0.474 e. The number of nitrogens with zero attached hydrogens (tertiary/aromatic N) is 2. The molecule has 0 bridgehead atoms. The number of hydrogen-bond acceptors (Lipinski definition) is 5. The van der Waals surface area contributed by atoms with Crippen molar-refractivity contribution >= 4 is 17.5 Å². The van der Waals surface area contributed by atoms with Gasteiger partial charge in [0.2, 0.25) is 11.8 Å². The van der Waals surface area contributed by atoms with Crippen LogP contribution >= 0.6 is 11.6 Å². The van der Waals surface area contributed by atoms with E-state index in [1.54, 1.807) is 0 Å². The normalized spacial score (nSPS) is 10.3. The van der Waals surface area contributed by atoms with Crippen LogP contribution in [-0.4, -0.2) is 29.8 Å². The molecule has 1 heterocycles. The lowest BCUT2D eigenvalue weighted by molar-refractivity contribution is 0.0990. The largest absolute Gasteiger partial charge is 0.474 e. The Morgan fingerprint density at radius 3 is 2.93 bits per heavy atom. The molecule has 0 atom stereocenters. The SMILES string of the molecule is CCCOCCOc1nc(N)ncc1Cl. The summed E-state index contributed by atoms with van der Waals surface area (Å²) in [6, 6.07) is 0. The minimum absolute atomic E-state index is 0.142. The predicted molar refractivity (Wildman–Crippen MR) is 58.1 cm³/mol. The van der Waals surface area contributed by atoms with Crippen LogP contribution in [0.5, 0.6) is 5.88 Å². The van der Waals surface area contributed by atoms with Crippen molar-refractivity contribution in [3.8, 4) is 5.88 Å². The van der Waals surface area contributed by atoms with E-state index in [1.807, 2.05) is 6.92 Å². The first-order valence-corrected chi connectivity index (χ1v) is 5.10. The highest BCUT2D eigenvalue weighted by atomic mass is 35.5. The summed E-state index contributed by atoms with van der Waals surface area (Å²) in [5.74, 6) is 0.438. The Kier molecular flexibility index (Phi) is 5.14. The molecule has 5 nitrogen and oxygen atoms in total. The second-order valence-electron chi connectivity index (χ2n) is 2.84. The Hall–Kier alpha value is -1.07. The summed E-state index contributed by atoms with van der Waals surface area (Å²) in [4.78, 5) is 7.57. The molecule has 0 aliphatic rings. The average molecular weight is 232 g/mol. The summed E-state index contributed by atoms with van der Waals surface area (Å²) in [6.45, 7) is 3.68. The molecule has 0 spiro atoms. The second-order valence-corrected chi connectivity index (χ2v) is 3.25. The van der Waals surface area contributed by atoms with Crippen LogP contribution in [0.3, 0.4) is 0 Å². The first kappa shape index (κ1) is 12.0. The van der Waals surface area contributed by atoms with Gasteiger partial charge in [-0.3, -0.25) is 0 Å². The maximum atomic E-state index is 5.79. The smallest absolute Gasteiger partial charge is 0.237 e. The molecule has 0 radical (unpaired) electrons. The van der Waals surface area contributed by atoms with E-state index in [2.05, 4.69) is 9.97 Å². The molecule has 0 amide bonds. The van der Waals surface area contributed by atoms with Gasteiger partial charge >= 0.3 is 0 Å². The number of anilines is 1. The van der Waals surface area contributed by atoms with Gasteiger partial charge in [-0.25, -0.2) is 4.98 Å². The van der Waals surface area contributed by atoms with Crippen LogP contribution in [-0.2, 0) is 4.74 Å². The van der Waals surface area contributed by atoms with Crippen molar-refractivity contribution in [1.29, 1.82) is 0 Å². The van der Waals surface area contributed by atoms with Crippen molar-refractivity contribution in [2.75, 3.05) is 25.6 Å². The summed E-state index contributed by atoms with van der Waals surface area (Å²) < 4.78 is 10.5. The van der Waals surface area contributed by atoms with Gasteiger partial charge in [-0.2, -0.15) is 4.98 Å². The number of halogens is 1. The van der Waals surface area contributed by atoms with E-state index < -0.39 is 0 Å². The Balaban J connectivity index is 2.33. The Bertz CT molecular complexity index is 309. The summed E-state index contributed by atoms with van der Waals surface area (Å²) >= 11 is 5.79. The van der Waals surface area contributed by atoms with E-state index >= 15 is 0 Å². The molecular formula is C9H14ClN3O2. The fourth-order valence-corrected chi connectivity index (χ4v) is 1.05. The lowest BCUT2D eigenvalue weighted by atomic mass is 10.5. The molecule has 0 aromatic carbocycles. The van der Waals surface area contributed by atoms with Crippen molar-refractivity contribution in [3.05, 3.63) is 11.2 Å². The molecule has 0 saturated heterocycles. The van der Waals surface area contributed by atoms with Gasteiger partial charge < -0.3 is 15.2 Å². The second kappa shape index (κ2) is 6.42. The standard InChI is InChI=1S/C9H14ClN3O2/c1-2-3-14-4-5-15-8-7(10)6-12-9(11)13-8/h6H,2-5H2,1H3,(H2,11,12,13). The average Bonchev–Trinajstić information content (AvgIpc) is 2.23. The highest BCUT2D eigenvalue weighted by Gasteiger charge is 2.04. The van der Waals surface area contributed by atoms with Crippen LogP contribution in [0.25, 0.3) is 0 Å². The lowest BCUT2D eigenvalue weighted by Crippen LogP contribution is -2.09. The third-order valence-corrected chi connectivity index (χ3v) is 1.80. The molecule has 0 fully saturated rings. The van der Waals surface area contributed by atoms with Gasteiger partial charge in [0.1, 0.15) is 11.6 Å². The molecule has 15 heavy (non-hydrogen) atoms. The number of nitrogens with two attached hydrogens (primary N) is 1. The van der Waals surface area contributed by atoms with Gasteiger partial charge in [0.05, 0.1) is 12.8 Å². The molecule has 6 heteroatoms. The maximum Gasteiger partial charge on any atom is 0.237 e. The first-order valence-electron chi connectivity index (χ1n) is 4.72. The molecular weight excluding hydrogens is 218 g/mol. The van der Waals surface area contributed by atoms with E-state index in [9.17, 15) is 0 Å². The zero-order valence-electron chi connectivity index (χ0n) is 8.57. The fourth-order valence-electron chi connectivity index (χ4n) is 0.909. The molecule has 0 unspecified atom stereocenters. The van der Waals surface area contributed by atoms with E-state index in [0.717, 1.165) is 13.0 Å². The summed E-state index contributed by atoms with van der Waals surface area (Å²) in [5, 5.41) is 0.347. The summed E-state index contributed by atoms with van der Waals surface area (Å²) in [7, 11) is 0. The van der Waals surface area contributed by atoms with Gasteiger partial charge in [0.15, 0.2) is 0 Å². The molecule has 0 aliphatic carbocycles. The molecule has 1 rings (SSSR count). The van der Waals surface area contributed by atoms with Crippen LogP contribution in [0.4, 0.5) is 5.95 Å². The van der Waals surface area contributed by atoms with Crippen molar-refractivity contribution in [2.24, 2.45) is 0 Å². The third-order valence-electron chi connectivity index (χ3n) is 1.55. The highest BCUT2D eigenvalue weighted by Crippen LogP contribution is 2.20. The fraction of sp³-hybridized carbons (Fsp3) is 0.556. The number of nitrogen functional groups attached to an aromatic ring is 1. The van der Waals surface area contributed by atoms with E-state index in [-0.39, 0.29) is 5.95 Å². The van der Waals surface area contributed by atoms with Gasteiger partial charge in [-0.1, -0.05) is 18.5 Å². The lowest BCUT2D eigenvalue weighted by Gasteiger charge is -2.07. The van der Waals surface area contributed by atoms with Gasteiger partial charge in [-0.15, -0.1) is 0 Å². The molecule has 0 aliphatic heterocycles. The van der Waals surface area contributed by atoms with Crippen LogP contribution in [0.2, 0.25) is 5.02 Å². The summed E-state index contributed by atoms with van der Waals surface area (Å²) in [5.41, 5.74) is 5.39. The van der Waals surface area contributed by atoms with Crippen LogP contribution < -0.4 is 10.5 Å². The van der Waals surface area contributed by atoms with Gasteiger partial charge in [0.25, 0.3) is 0 Å². The van der Waals surface area contributed by atoms with E-state index in [0.29, 0.717) is 24.1 Å². The molecule has 84 valence electrons. The number of aromatic nitrogens is 2. The zero-order chi connectivity index (χ0) is 11.1. The van der Waals surface area contributed by atoms with Crippen LogP contribution in [0.1, 0.15) is 13.3 Å². The molecule has 1 aromatic heterocycles. The zero-order valence-corrected chi connectivity index (χ0v) is 9.33. The quantitative estimate of drug-likeness (QED) is 0.752. The molecule has 1 aromatic rings. The van der Waals surface area contributed by atoms with Gasteiger partial charge in [0, 0.05) is 6.61 Å². The van der Waals surface area contributed by atoms with Crippen molar-refractivity contribution in [2.45, 2.75) is 13.3 Å². The number of rotatable bonds is 6. The Morgan fingerprint density at radius 1 is 1.40 bits per heavy atom. The third kappa shape index (κ3) is 4.31. The van der Waals surface area contributed by atoms with Crippen LogP contribution in [0, 0.1) is 0 Å². The van der Waals surface area contributed by atoms with Crippen LogP contribution in [0.15, 0.2) is 6.20 Å². The summed E-state index contributed by atoms with van der Waals surface area (Å²) in [6.07, 6.45) is 2.40.